The molecular formula is C24H25F3N6O4S. The normalized spacial score (nSPS) is 24.9. The number of hydrogen-bond acceptors (Lipinski definition) is 8. The third-order valence-electron chi connectivity index (χ3n) is 7.79. The maximum atomic E-state index is 13.4. The molecule has 4 saturated carbocycles. The number of halogens is 3. The van der Waals surface area contributed by atoms with Gasteiger partial charge in [-0.15, -0.1) is 0 Å². The largest absolute Gasteiger partial charge is 0.490 e. The molecule has 0 spiro atoms. The van der Waals surface area contributed by atoms with E-state index in [1.54, 1.807) is 22.8 Å². The van der Waals surface area contributed by atoms with Gasteiger partial charge in [0.2, 0.25) is 10.0 Å². The summed E-state index contributed by atoms with van der Waals surface area (Å²) < 4.78 is 73.1. The van der Waals surface area contributed by atoms with Crippen LogP contribution in [-0.2, 0) is 19.6 Å². The van der Waals surface area contributed by atoms with E-state index < -0.39 is 33.1 Å². The van der Waals surface area contributed by atoms with Crippen LogP contribution in [0.5, 0.6) is 0 Å². The van der Waals surface area contributed by atoms with Crippen LogP contribution in [0, 0.1) is 12.3 Å². The summed E-state index contributed by atoms with van der Waals surface area (Å²) in [5.74, 6) is -1.09. The molecule has 0 atom stereocenters. The molecule has 0 saturated heterocycles. The number of benzene rings is 1. The van der Waals surface area contributed by atoms with Crippen LogP contribution in [0.3, 0.4) is 0 Å². The van der Waals surface area contributed by atoms with E-state index in [2.05, 4.69) is 24.5 Å². The Morgan fingerprint density at radius 3 is 2.68 bits per heavy atom. The van der Waals surface area contributed by atoms with Crippen molar-refractivity contribution in [3.63, 3.8) is 0 Å². The first-order valence-corrected chi connectivity index (χ1v) is 13.7. The van der Waals surface area contributed by atoms with E-state index in [-0.39, 0.29) is 23.2 Å². The van der Waals surface area contributed by atoms with E-state index in [1.807, 2.05) is 6.92 Å². The number of nitrogens with two attached hydrogens (primary N) is 1. The first-order chi connectivity index (χ1) is 17.8. The van der Waals surface area contributed by atoms with Gasteiger partial charge < -0.3 is 10.5 Å². The fourth-order valence-corrected chi connectivity index (χ4v) is 7.30. The number of anilines is 1. The summed E-state index contributed by atoms with van der Waals surface area (Å²) in [5.41, 5.74) is 7.08. The molecule has 38 heavy (non-hydrogen) atoms. The van der Waals surface area contributed by atoms with Crippen molar-refractivity contribution in [1.82, 2.24) is 24.3 Å². The molecule has 202 valence electrons. The number of aryl methyl sites for hydroxylation is 1. The second-order valence-corrected chi connectivity index (χ2v) is 12.5. The highest BCUT2D eigenvalue weighted by Crippen LogP contribution is 2.62. The molecule has 0 amide bonds. The minimum Gasteiger partial charge on any atom is -0.458 e. The quantitative estimate of drug-likeness (QED) is 0.427. The Bertz CT molecular complexity index is 1580. The molecule has 2 bridgehead atoms. The van der Waals surface area contributed by atoms with E-state index in [1.165, 1.54) is 6.07 Å². The second-order valence-electron chi connectivity index (χ2n) is 10.8. The summed E-state index contributed by atoms with van der Waals surface area (Å²) in [6.45, 7) is 1.47. The van der Waals surface area contributed by atoms with Crippen molar-refractivity contribution in [3.8, 4) is 11.3 Å². The lowest BCUT2D eigenvalue weighted by Crippen LogP contribution is -2.56. The third-order valence-corrected chi connectivity index (χ3v) is 9.37. The molecule has 10 nitrogen and oxygen atoms in total. The Balaban J connectivity index is 1.24. The first-order valence-electron chi connectivity index (χ1n) is 12.2. The highest BCUT2D eigenvalue weighted by atomic mass is 32.2. The number of sulfonamides is 1. The number of hydrogen-bond donors (Lipinski definition) is 2. The molecule has 2 heterocycles. The number of ether oxygens (including phenoxy) is 1. The zero-order valence-corrected chi connectivity index (χ0v) is 21.2. The number of nitrogens with zero attached hydrogens (tertiary/aromatic N) is 4. The average Bonchev–Trinajstić information content (AvgIpc) is 3.37. The van der Waals surface area contributed by atoms with Crippen molar-refractivity contribution in [2.24, 2.45) is 5.41 Å². The predicted octanol–water partition coefficient (Wildman–Crippen LogP) is 3.26. The zero-order chi connectivity index (χ0) is 27.1. The minimum absolute atomic E-state index is 0.0415. The number of carbonyl (C=O) groups is 1. The maximum absolute atomic E-state index is 13.4. The summed E-state index contributed by atoms with van der Waals surface area (Å²) in [4.78, 5) is 19.8. The molecule has 0 aliphatic heterocycles. The number of aromatic nitrogens is 4. The van der Waals surface area contributed by atoms with Crippen LogP contribution in [0.1, 0.15) is 55.8 Å². The SMILES string of the molecule is Cc1ccc(S(=O)(=O)NC23CCC(COC(=O)C(F)(F)F)(C2)C3)cc1-c1cnc2c(N)nc(C3CC3)nn12. The average molecular weight is 551 g/mol. The van der Waals surface area contributed by atoms with Gasteiger partial charge in [-0.05, 0) is 63.1 Å². The lowest BCUT2D eigenvalue weighted by atomic mass is 9.66. The van der Waals surface area contributed by atoms with Gasteiger partial charge in [-0.1, -0.05) is 6.07 Å². The van der Waals surface area contributed by atoms with Crippen molar-refractivity contribution in [2.45, 2.75) is 68.0 Å². The van der Waals surface area contributed by atoms with Crippen LogP contribution in [0.25, 0.3) is 16.9 Å². The van der Waals surface area contributed by atoms with Gasteiger partial charge in [0.15, 0.2) is 17.3 Å². The fourth-order valence-electron chi connectivity index (χ4n) is 5.85. The van der Waals surface area contributed by atoms with E-state index in [0.29, 0.717) is 48.4 Å². The third kappa shape index (κ3) is 4.19. The molecule has 0 radical (unpaired) electrons. The topological polar surface area (TPSA) is 142 Å². The summed E-state index contributed by atoms with van der Waals surface area (Å²) >= 11 is 0. The van der Waals surface area contributed by atoms with Gasteiger partial charge in [-0.2, -0.15) is 18.3 Å². The molecule has 4 aliphatic rings. The highest BCUT2D eigenvalue weighted by molar-refractivity contribution is 7.89. The van der Waals surface area contributed by atoms with Crippen LogP contribution in [0.15, 0.2) is 29.3 Å². The van der Waals surface area contributed by atoms with Crippen molar-refractivity contribution in [3.05, 3.63) is 35.8 Å². The zero-order valence-electron chi connectivity index (χ0n) is 20.4. The second kappa shape index (κ2) is 8.12. The van der Waals surface area contributed by atoms with Gasteiger partial charge in [0.05, 0.1) is 23.4 Å². The van der Waals surface area contributed by atoms with E-state index in [0.717, 1.165) is 18.4 Å². The standard InChI is InChI=1S/C24H25F3N6O4S/c1-13-2-5-15(8-16(13)17-9-29-20-18(28)30-19(14-3-4-14)31-33(17)20)38(35,36)32-23-7-6-22(10-23,11-23)12-37-21(34)24(25,26)27/h2,5,8-9,14,32H,3-4,6-7,10-12H2,1H3,(H2,28,30,31). The Hall–Kier alpha value is -3.26. The van der Waals surface area contributed by atoms with Crippen LogP contribution in [0.2, 0.25) is 0 Å². The highest BCUT2D eigenvalue weighted by Gasteiger charge is 2.63. The molecular weight excluding hydrogens is 525 g/mol. The van der Waals surface area contributed by atoms with Crippen LogP contribution in [-0.4, -0.2) is 52.3 Å². The molecule has 4 aliphatic carbocycles. The summed E-state index contributed by atoms with van der Waals surface area (Å²) in [6, 6.07) is 4.76. The summed E-state index contributed by atoms with van der Waals surface area (Å²) in [6.07, 6.45) is 0.0175. The van der Waals surface area contributed by atoms with Crippen molar-refractivity contribution in [2.75, 3.05) is 12.3 Å². The van der Waals surface area contributed by atoms with Gasteiger partial charge in [-0.25, -0.2) is 32.4 Å². The molecule has 7 rings (SSSR count). The molecule has 3 aromatic rings. The van der Waals surface area contributed by atoms with Crippen LogP contribution in [0.4, 0.5) is 19.0 Å². The number of imidazole rings is 1. The van der Waals surface area contributed by atoms with Crippen molar-refractivity contribution >= 4 is 27.5 Å². The van der Waals surface area contributed by atoms with E-state index in [9.17, 15) is 26.4 Å². The smallest absolute Gasteiger partial charge is 0.458 e. The summed E-state index contributed by atoms with van der Waals surface area (Å²) in [5, 5.41) is 4.61. The van der Waals surface area contributed by atoms with Crippen LogP contribution >= 0.6 is 0 Å². The molecule has 0 unspecified atom stereocenters. The molecule has 4 fully saturated rings. The molecule has 3 N–H and O–H groups in total. The first kappa shape index (κ1) is 25.0. The number of alkyl halides is 3. The number of nitrogens with one attached hydrogen (secondary N) is 1. The number of rotatable bonds is 7. The summed E-state index contributed by atoms with van der Waals surface area (Å²) in [7, 11) is -3.97. The fraction of sp³-hybridized carbons (Fsp3) is 0.500. The van der Waals surface area contributed by atoms with Crippen molar-refractivity contribution in [1.29, 1.82) is 0 Å². The van der Waals surface area contributed by atoms with Crippen LogP contribution < -0.4 is 10.5 Å². The van der Waals surface area contributed by atoms with Gasteiger partial charge >= 0.3 is 12.1 Å². The molecule has 2 aromatic heterocycles. The molecule has 14 heteroatoms. The van der Waals surface area contributed by atoms with Crippen molar-refractivity contribution < 1.29 is 31.1 Å². The van der Waals surface area contributed by atoms with Gasteiger partial charge in [0.25, 0.3) is 0 Å². The minimum atomic E-state index is -5.06. The Kier molecular flexibility index (Phi) is 5.35. The van der Waals surface area contributed by atoms with Gasteiger partial charge in [0.1, 0.15) is 0 Å². The number of fused-ring (bicyclic) bond motifs is 2. The number of esters is 1. The number of carbonyl (C=O) groups excluding carboxylic acids is 1. The maximum Gasteiger partial charge on any atom is 0.490 e. The predicted molar refractivity (Wildman–Crippen MR) is 128 cm³/mol. The molecule has 1 aromatic carbocycles. The lowest BCUT2D eigenvalue weighted by molar-refractivity contribution is -0.204. The monoisotopic (exact) mass is 550 g/mol. The Morgan fingerprint density at radius 2 is 2.00 bits per heavy atom. The van der Waals surface area contributed by atoms with Gasteiger partial charge in [0, 0.05) is 22.4 Å². The Labute approximate surface area is 215 Å². The Morgan fingerprint density at radius 1 is 1.26 bits per heavy atom. The van der Waals surface area contributed by atoms with E-state index in [4.69, 9.17) is 5.73 Å². The van der Waals surface area contributed by atoms with E-state index >= 15 is 0 Å². The number of nitrogen functional groups attached to an aromatic ring is 1. The lowest BCUT2D eigenvalue weighted by Gasteiger charge is -2.47. The van der Waals surface area contributed by atoms with Gasteiger partial charge in [-0.3, -0.25) is 0 Å².